The molecule has 0 radical (unpaired) electrons. The molecule has 1 heterocycles. The largest absolute Gasteiger partial charge is 0.481 e. The fraction of sp³-hybridized carbons (Fsp3) is 0.231. The van der Waals surface area contributed by atoms with E-state index in [0.29, 0.717) is 26.9 Å². The average Bonchev–Trinajstić information content (AvgIpc) is 3.12. The van der Waals surface area contributed by atoms with Crippen LogP contribution in [0.4, 0.5) is 5.00 Å². The number of carbonyl (C=O) groups is 3. The van der Waals surface area contributed by atoms with E-state index in [4.69, 9.17) is 21.1 Å². The van der Waals surface area contributed by atoms with Gasteiger partial charge in [-0.3, -0.25) is 9.59 Å². The molecule has 1 atom stereocenters. The molecule has 2 N–H and O–H groups in total. The number of rotatable bonds is 9. The fourth-order valence-electron chi connectivity index (χ4n) is 3.13. The molecule has 0 bridgehead atoms. The number of thiophene rings is 1. The molecule has 0 saturated heterocycles. The smallest absolute Gasteiger partial charge is 0.341 e. The van der Waals surface area contributed by atoms with Gasteiger partial charge < -0.3 is 14.8 Å². The highest BCUT2D eigenvalue weighted by molar-refractivity contribution is 7.16. The van der Waals surface area contributed by atoms with Gasteiger partial charge in [0.25, 0.3) is 11.8 Å². The Balaban J connectivity index is 1.59. The van der Waals surface area contributed by atoms with Gasteiger partial charge in [0.05, 0.1) is 18.4 Å². The Hall–Kier alpha value is -3.69. The predicted molar refractivity (Wildman–Crippen MR) is 141 cm³/mol. The Labute approximate surface area is 218 Å². The zero-order valence-corrected chi connectivity index (χ0v) is 21.8. The first kappa shape index (κ1) is 26.9. The van der Waals surface area contributed by atoms with Gasteiger partial charge in [-0.25, -0.2) is 10.2 Å². The summed E-state index contributed by atoms with van der Waals surface area (Å²) < 4.78 is 10.8. The molecule has 2 amide bonds. The quantitative estimate of drug-likeness (QED) is 0.221. The molecule has 36 heavy (non-hydrogen) atoms. The van der Waals surface area contributed by atoms with Crippen molar-refractivity contribution in [2.45, 2.75) is 33.8 Å². The maximum absolute atomic E-state index is 12.8. The van der Waals surface area contributed by atoms with E-state index in [1.54, 1.807) is 62.4 Å². The van der Waals surface area contributed by atoms with Gasteiger partial charge in [0, 0.05) is 15.5 Å². The van der Waals surface area contributed by atoms with Crippen LogP contribution in [0.25, 0.3) is 0 Å². The number of amides is 2. The molecule has 0 saturated carbocycles. The number of aryl methyl sites for hydroxylation is 1. The Morgan fingerprint density at radius 1 is 1.14 bits per heavy atom. The van der Waals surface area contributed by atoms with Crippen LogP contribution in [0, 0.1) is 13.8 Å². The molecule has 3 rings (SSSR count). The third-order valence-corrected chi connectivity index (χ3v) is 6.49. The van der Waals surface area contributed by atoms with E-state index in [1.807, 2.05) is 13.8 Å². The molecular formula is C26H26ClN3O5S. The number of ether oxygens (including phenoxy) is 2. The van der Waals surface area contributed by atoms with Crippen molar-refractivity contribution in [3.63, 3.8) is 0 Å². The van der Waals surface area contributed by atoms with Gasteiger partial charge in [0.1, 0.15) is 10.8 Å². The lowest BCUT2D eigenvalue weighted by Gasteiger charge is -2.13. The lowest BCUT2D eigenvalue weighted by atomic mass is 10.1. The fourth-order valence-corrected chi connectivity index (χ4v) is 4.37. The van der Waals surface area contributed by atoms with E-state index >= 15 is 0 Å². The Morgan fingerprint density at radius 3 is 2.53 bits per heavy atom. The molecule has 2 aromatic carbocycles. The normalized spacial score (nSPS) is 11.7. The number of hydrogen-bond acceptors (Lipinski definition) is 7. The third kappa shape index (κ3) is 6.93. The molecule has 0 fully saturated rings. The van der Waals surface area contributed by atoms with Crippen molar-refractivity contribution in [2.24, 2.45) is 5.10 Å². The zero-order chi connectivity index (χ0) is 26.2. The molecule has 0 aliphatic heterocycles. The molecule has 8 nitrogen and oxygen atoms in total. The van der Waals surface area contributed by atoms with Crippen LogP contribution in [-0.4, -0.2) is 36.7 Å². The van der Waals surface area contributed by atoms with Crippen molar-refractivity contribution < 1.29 is 23.9 Å². The second kappa shape index (κ2) is 12.3. The molecular weight excluding hydrogens is 502 g/mol. The van der Waals surface area contributed by atoms with Crippen molar-refractivity contribution in [2.75, 3.05) is 11.9 Å². The van der Waals surface area contributed by atoms with E-state index in [9.17, 15) is 14.4 Å². The first-order chi connectivity index (χ1) is 17.2. The first-order valence-corrected chi connectivity index (χ1v) is 12.3. The highest BCUT2D eigenvalue weighted by Crippen LogP contribution is 2.33. The lowest BCUT2D eigenvalue weighted by molar-refractivity contribution is -0.127. The second-order valence-electron chi connectivity index (χ2n) is 7.74. The van der Waals surface area contributed by atoms with Crippen molar-refractivity contribution in [1.29, 1.82) is 0 Å². The van der Waals surface area contributed by atoms with Crippen LogP contribution in [-0.2, 0) is 9.53 Å². The summed E-state index contributed by atoms with van der Waals surface area (Å²) in [4.78, 5) is 38.3. The van der Waals surface area contributed by atoms with Crippen molar-refractivity contribution in [3.8, 4) is 5.75 Å². The van der Waals surface area contributed by atoms with Gasteiger partial charge in [0.15, 0.2) is 6.10 Å². The van der Waals surface area contributed by atoms with Gasteiger partial charge in [-0.15, -0.1) is 11.3 Å². The van der Waals surface area contributed by atoms with Crippen molar-refractivity contribution in [3.05, 3.63) is 80.7 Å². The highest BCUT2D eigenvalue weighted by Gasteiger charge is 2.22. The van der Waals surface area contributed by atoms with Crippen LogP contribution in [0.1, 0.15) is 50.6 Å². The lowest BCUT2D eigenvalue weighted by Crippen LogP contribution is -2.33. The summed E-state index contributed by atoms with van der Waals surface area (Å²) in [6.07, 6.45) is 0.652. The summed E-state index contributed by atoms with van der Waals surface area (Å²) >= 11 is 7.24. The SMILES string of the molecule is CCOC(=O)c1c(NC(=O)c2ccc(O[C@@H](C)C(=O)N/N=C\c3cccc(Cl)c3)cc2)sc(C)c1C. The summed E-state index contributed by atoms with van der Waals surface area (Å²) in [5, 5.41) is 7.72. The summed E-state index contributed by atoms with van der Waals surface area (Å²) in [6, 6.07) is 13.4. The molecule has 0 unspecified atom stereocenters. The van der Waals surface area contributed by atoms with E-state index in [-0.39, 0.29) is 12.5 Å². The van der Waals surface area contributed by atoms with Crippen molar-refractivity contribution >= 4 is 51.9 Å². The molecule has 10 heteroatoms. The number of anilines is 1. The number of hydrogen-bond donors (Lipinski definition) is 2. The van der Waals surface area contributed by atoms with Gasteiger partial charge >= 0.3 is 5.97 Å². The number of nitrogens with one attached hydrogen (secondary N) is 2. The van der Waals surface area contributed by atoms with Crippen LogP contribution in [0.5, 0.6) is 5.75 Å². The number of hydrazone groups is 1. The number of halogens is 1. The van der Waals surface area contributed by atoms with Gasteiger partial charge in [0.2, 0.25) is 0 Å². The minimum absolute atomic E-state index is 0.243. The minimum atomic E-state index is -0.828. The third-order valence-electron chi connectivity index (χ3n) is 5.13. The van der Waals surface area contributed by atoms with E-state index in [0.717, 1.165) is 16.0 Å². The Kier molecular flexibility index (Phi) is 9.21. The molecule has 0 aliphatic rings. The average molecular weight is 528 g/mol. The maximum atomic E-state index is 12.8. The molecule has 3 aromatic rings. The van der Waals surface area contributed by atoms with Crippen LogP contribution >= 0.6 is 22.9 Å². The van der Waals surface area contributed by atoms with Crippen LogP contribution in [0.3, 0.4) is 0 Å². The van der Waals surface area contributed by atoms with E-state index in [1.165, 1.54) is 17.6 Å². The van der Waals surface area contributed by atoms with Crippen molar-refractivity contribution in [1.82, 2.24) is 5.43 Å². The van der Waals surface area contributed by atoms with Crippen LogP contribution in [0.15, 0.2) is 53.6 Å². The van der Waals surface area contributed by atoms with E-state index in [2.05, 4.69) is 15.8 Å². The monoisotopic (exact) mass is 527 g/mol. The van der Waals surface area contributed by atoms with Gasteiger partial charge in [-0.2, -0.15) is 5.10 Å². The van der Waals surface area contributed by atoms with Crippen LogP contribution in [0.2, 0.25) is 5.02 Å². The number of nitrogens with zero attached hydrogens (tertiary/aromatic N) is 1. The topological polar surface area (TPSA) is 106 Å². The molecule has 0 spiro atoms. The van der Waals surface area contributed by atoms with Gasteiger partial charge in [-0.1, -0.05) is 23.7 Å². The summed E-state index contributed by atoms with van der Waals surface area (Å²) in [5.74, 6) is -0.884. The number of esters is 1. The van der Waals surface area contributed by atoms with E-state index < -0.39 is 18.0 Å². The second-order valence-corrected chi connectivity index (χ2v) is 9.40. The maximum Gasteiger partial charge on any atom is 0.341 e. The first-order valence-electron chi connectivity index (χ1n) is 11.1. The summed E-state index contributed by atoms with van der Waals surface area (Å²) in [5.41, 5.74) is 4.67. The summed E-state index contributed by atoms with van der Waals surface area (Å²) in [6.45, 7) is 7.26. The Bertz CT molecular complexity index is 1290. The minimum Gasteiger partial charge on any atom is -0.481 e. The number of benzene rings is 2. The molecule has 0 aliphatic carbocycles. The summed E-state index contributed by atoms with van der Waals surface area (Å²) in [7, 11) is 0. The predicted octanol–water partition coefficient (Wildman–Crippen LogP) is 5.36. The van der Waals surface area contributed by atoms with Crippen LogP contribution < -0.4 is 15.5 Å². The molecule has 1 aromatic heterocycles. The van der Waals surface area contributed by atoms with Gasteiger partial charge in [-0.05, 0) is 75.2 Å². The number of carbonyl (C=O) groups excluding carboxylic acids is 3. The zero-order valence-electron chi connectivity index (χ0n) is 20.3. The standard InChI is InChI=1S/C26H26ClN3O5S/c1-5-34-26(33)22-15(2)17(4)36-25(22)29-24(32)19-9-11-21(12-10-19)35-16(3)23(31)30-28-14-18-7-6-8-20(27)13-18/h6-14,16H,5H2,1-4H3,(H,29,32)(H,30,31)/b28-14-/t16-/m0/s1. The highest BCUT2D eigenvalue weighted by atomic mass is 35.5. The Morgan fingerprint density at radius 2 is 1.86 bits per heavy atom. The molecule has 188 valence electrons.